The summed E-state index contributed by atoms with van der Waals surface area (Å²) >= 11 is 3.98. The summed E-state index contributed by atoms with van der Waals surface area (Å²) in [7, 11) is 1.56. The minimum atomic E-state index is -0.822. The Bertz CT molecular complexity index is 1400. The number of hydrogen-bond acceptors (Lipinski definition) is 7. The number of halogens is 2. The molecule has 2 aromatic carbocycles. The number of aromatic nitrogens is 1. The first-order valence-corrected chi connectivity index (χ1v) is 17.0. The number of hydrogen-bond donors (Lipinski definition) is 1. The second kappa shape index (κ2) is 14.0. The first-order chi connectivity index (χ1) is 20.3. The lowest BCUT2D eigenvalue weighted by molar-refractivity contribution is -0.147. The van der Waals surface area contributed by atoms with Gasteiger partial charge in [0.15, 0.2) is 5.13 Å². The van der Waals surface area contributed by atoms with Crippen LogP contribution in [0.3, 0.4) is 0 Å². The summed E-state index contributed by atoms with van der Waals surface area (Å²) in [6.45, 7) is 7.28. The Morgan fingerprint density at radius 1 is 1.24 bits per heavy atom. The van der Waals surface area contributed by atoms with E-state index < -0.39 is 11.9 Å². The van der Waals surface area contributed by atoms with Crippen LogP contribution in [-0.2, 0) is 29.0 Å². The highest BCUT2D eigenvalue weighted by atomic mass is 127. The lowest BCUT2D eigenvalue weighted by Crippen LogP contribution is -2.47. The number of benzene rings is 2. The number of para-hydroxylation sites is 1. The van der Waals surface area contributed by atoms with Gasteiger partial charge in [0.2, 0.25) is 0 Å². The molecule has 1 saturated heterocycles. The number of nitrogens with zero attached hydrogens (tertiary/aromatic N) is 3. The standard InChI is InChI=1S/C32H39FIN3O4S/c1-4-23(16-34)36-13-10-21-8-9-22(29(33)24(21)11-14-36)18-41-30-20(2)6-5-7-25(30)27-19-42-32(35-27)37-15-12-26(31(38)39)28(17-37)40-3/h5-9,19,23,26,28H,4,10-18H2,1-3H3,(H,38,39)/t23?,26-,28+/m0/s1. The minimum Gasteiger partial charge on any atom is -0.488 e. The van der Waals surface area contributed by atoms with Crippen molar-refractivity contribution in [2.24, 2.45) is 5.92 Å². The van der Waals surface area contributed by atoms with Gasteiger partial charge in [0.25, 0.3) is 0 Å². The van der Waals surface area contributed by atoms with Crippen LogP contribution in [0.1, 0.15) is 42.0 Å². The van der Waals surface area contributed by atoms with Gasteiger partial charge in [-0.05, 0) is 55.4 Å². The second-order valence-corrected chi connectivity index (χ2v) is 12.9. The molecular formula is C32H39FIN3O4S. The van der Waals surface area contributed by atoms with Gasteiger partial charge in [-0.25, -0.2) is 9.37 Å². The van der Waals surface area contributed by atoms with Crippen molar-refractivity contribution in [3.63, 3.8) is 0 Å². The van der Waals surface area contributed by atoms with Crippen molar-refractivity contribution in [3.8, 4) is 17.0 Å². The Morgan fingerprint density at radius 2 is 2.05 bits per heavy atom. The SMILES string of the molecule is CCC(CI)N1CCc2ccc(COc3c(C)cccc3-c3csc(N4CC[C@H](C(=O)O)[C@H](OC)C4)n3)c(F)c2CC1. The maximum atomic E-state index is 15.8. The zero-order valence-electron chi connectivity index (χ0n) is 24.4. The van der Waals surface area contributed by atoms with Crippen LogP contribution in [-0.4, -0.2) is 70.8 Å². The molecular weight excluding hydrogens is 668 g/mol. The van der Waals surface area contributed by atoms with Crippen LogP contribution in [0.5, 0.6) is 5.75 Å². The Labute approximate surface area is 265 Å². The van der Waals surface area contributed by atoms with Crippen LogP contribution in [0.15, 0.2) is 35.7 Å². The number of carbonyl (C=O) groups is 1. The number of aliphatic carboxylic acids is 1. The first-order valence-electron chi connectivity index (χ1n) is 14.6. The molecule has 10 heteroatoms. The molecule has 2 aliphatic rings. The number of piperidine rings is 1. The zero-order valence-corrected chi connectivity index (χ0v) is 27.4. The van der Waals surface area contributed by atoms with Crippen LogP contribution in [0.2, 0.25) is 0 Å². The van der Waals surface area contributed by atoms with Gasteiger partial charge in [-0.1, -0.05) is 53.8 Å². The van der Waals surface area contributed by atoms with Gasteiger partial charge < -0.3 is 19.5 Å². The molecule has 3 heterocycles. The third-order valence-corrected chi connectivity index (χ3v) is 10.6. The molecule has 0 saturated carbocycles. The third-order valence-electron chi connectivity index (χ3n) is 8.70. The largest absolute Gasteiger partial charge is 0.488 e. The number of anilines is 1. The summed E-state index contributed by atoms with van der Waals surface area (Å²) in [6.07, 6.45) is 2.81. The summed E-state index contributed by atoms with van der Waals surface area (Å²) in [6, 6.07) is 10.4. The molecule has 5 rings (SSSR count). The first kappa shape index (κ1) is 31.2. The highest BCUT2D eigenvalue weighted by Crippen LogP contribution is 2.37. The van der Waals surface area contributed by atoms with E-state index in [-0.39, 0.29) is 18.5 Å². The van der Waals surface area contributed by atoms with Crippen molar-refractivity contribution < 1.29 is 23.8 Å². The van der Waals surface area contributed by atoms with Gasteiger partial charge in [-0.3, -0.25) is 9.69 Å². The number of aryl methyl sites for hydroxylation is 1. The summed E-state index contributed by atoms with van der Waals surface area (Å²) in [5, 5.41) is 12.3. The van der Waals surface area contributed by atoms with Gasteiger partial charge in [-0.15, -0.1) is 11.3 Å². The maximum absolute atomic E-state index is 15.8. The number of alkyl halides is 1. The second-order valence-electron chi connectivity index (χ2n) is 11.1. The lowest BCUT2D eigenvalue weighted by Gasteiger charge is -2.35. The quantitative estimate of drug-likeness (QED) is 0.194. The van der Waals surface area contributed by atoms with E-state index in [1.807, 2.05) is 36.6 Å². The fraction of sp³-hybridized carbons (Fsp3) is 0.500. The Kier molecular flexibility index (Phi) is 10.4. The molecule has 3 atom stereocenters. The van der Waals surface area contributed by atoms with E-state index in [1.54, 1.807) is 7.11 Å². The molecule has 0 bridgehead atoms. The predicted octanol–water partition coefficient (Wildman–Crippen LogP) is 6.38. The molecule has 0 aliphatic carbocycles. The zero-order chi connectivity index (χ0) is 29.8. The molecule has 42 heavy (non-hydrogen) atoms. The molecule has 3 aromatic rings. The lowest BCUT2D eigenvalue weighted by atomic mass is 9.94. The van der Waals surface area contributed by atoms with Crippen molar-refractivity contribution in [3.05, 3.63) is 63.8 Å². The van der Waals surface area contributed by atoms with Gasteiger partial charge in [-0.2, -0.15) is 0 Å². The van der Waals surface area contributed by atoms with Crippen LogP contribution in [0.25, 0.3) is 11.3 Å². The van der Waals surface area contributed by atoms with E-state index in [9.17, 15) is 9.90 Å². The number of fused-ring (bicyclic) bond motifs is 1. The van der Waals surface area contributed by atoms with Crippen molar-refractivity contribution in [2.45, 2.75) is 58.3 Å². The fourth-order valence-electron chi connectivity index (χ4n) is 6.13. The van der Waals surface area contributed by atoms with Crippen molar-refractivity contribution >= 4 is 45.0 Å². The van der Waals surface area contributed by atoms with Crippen LogP contribution < -0.4 is 9.64 Å². The van der Waals surface area contributed by atoms with E-state index in [4.69, 9.17) is 14.5 Å². The average molecular weight is 708 g/mol. The van der Waals surface area contributed by atoms with Gasteiger partial charge >= 0.3 is 5.97 Å². The van der Waals surface area contributed by atoms with Crippen LogP contribution in [0.4, 0.5) is 9.52 Å². The molecule has 0 amide bonds. The van der Waals surface area contributed by atoms with E-state index >= 15 is 4.39 Å². The van der Waals surface area contributed by atoms with Gasteiger partial charge in [0.05, 0.1) is 17.7 Å². The highest BCUT2D eigenvalue weighted by Gasteiger charge is 2.35. The van der Waals surface area contributed by atoms with Gasteiger partial charge in [0.1, 0.15) is 18.2 Å². The molecule has 1 aromatic heterocycles. The van der Waals surface area contributed by atoms with E-state index in [0.717, 1.165) is 63.4 Å². The smallest absolute Gasteiger partial charge is 0.309 e. The van der Waals surface area contributed by atoms with E-state index in [2.05, 4.69) is 45.4 Å². The highest BCUT2D eigenvalue weighted by molar-refractivity contribution is 14.1. The molecule has 0 spiro atoms. The molecule has 226 valence electrons. The molecule has 1 fully saturated rings. The van der Waals surface area contributed by atoms with Crippen LogP contribution >= 0.6 is 33.9 Å². The van der Waals surface area contributed by atoms with Crippen molar-refractivity contribution in [1.29, 1.82) is 0 Å². The Balaban J connectivity index is 1.32. The third kappa shape index (κ3) is 6.61. The molecule has 0 radical (unpaired) electrons. The van der Waals surface area contributed by atoms with Crippen molar-refractivity contribution in [1.82, 2.24) is 9.88 Å². The monoisotopic (exact) mass is 707 g/mol. The number of methoxy groups -OCH3 is 1. The topological polar surface area (TPSA) is 75.1 Å². The number of thiazole rings is 1. The number of carboxylic acid groups (broad SMARTS) is 1. The Morgan fingerprint density at radius 3 is 2.79 bits per heavy atom. The molecule has 7 nitrogen and oxygen atoms in total. The number of rotatable bonds is 10. The number of ether oxygens (including phenoxy) is 2. The fourth-order valence-corrected chi connectivity index (χ4v) is 8.17. The van der Waals surface area contributed by atoms with Crippen molar-refractivity contribution in [2.75, 3.05) is 42.6 Å². The minimum absolute atomic E-state index is 0.139. The van der Waals surface area contributed by atoms with E-state index in [1.165, 1.54) is 11.3 Å². The average Bonchev–Trinajstić information content (AvgIpc) is 3.39. The molecule has 1 N–H and O–H groups in total. The summed E-state index contributed by atoms with van der Waals surface area (Å²) in [5.74, 6) is -0.779. The predicted molar refractivity (Wildman–Crippen MR) is 174 cm³/mol. The van der Waals surface area contributed by atoms with Gasteiger partial charge in [0, 0.05) is 60.3 Å². The van der Waals surface area contributed by atoms with E-state index in [0.29, 0.717) is 43.3 Å². The summed E-state index contributed by atoms with van der Waals surface area (Å²) < 4.78 is 28.8. The Hall–Kier alpha value is -2.28. The summed E-state index contributed by atoms with van der Waals surface area (Å²) in [4.78, 5) is 21.1. The summed E-state index contributed by atoms with van der Waals surface area (Å²) in [5.41, 5.74) is 5.11. The maximum Gasteiger partial charge on any atom is 0.309 e. The van der Waals surface area contributed by atoms with Crippen LogP contribution in [0, 0.1) is 18.7 Å². The number of carboxylic acids is 1. The molecule has 1 unspecified atom stereocenters. The normalized spacial score (nSPS) is 20.2. The molecule has 2 aliphatic heterocycles.